The molecule has 1 aromatic heterocycles. The number of allylic oxidation sites excluding steroid dienone is 4. The van der Waals surface area contributed by atoms with Crippen molar-refractivity contribution in [1.82, 2.24) is 0 Å². The van der Waals surface area contributed by atoms with Gasteiger partial charge < -0.3 is 0 Å². The van der Waals surface area contributed by atoms with Crippen LogP contribution in [0.1, 0.15) is 0 Å². The molecule has 0 amide bonds. The van der Waals surface area contributed by atoms with Crippen LogP contribution >= 0.6 is 38.5 Å². The average molecular weight is 651 g/mol. The summed E-state index contributed by atoms with van der Waals surface area (Å²) >= 11 is 6.19. The minimum absolute atomic E-state index is 0.00884. The molecule has 3 nitrogen and oxygen atoms in total. The van der Waals surface area contributed by atoms with Crippen molar-refractivity contribution in [2.45, 2.75) is 6.55 Å². The second-order valence-corrected chi connectivity index (χ2v) is 17.1. The molecule has 0 saturated carbocycles. The van der Waals surface area contributed by atoms with Crippen LogP contribution in [0.25, 0.3) is 10.0 Å². The fraction of sp³-hybridized carbons (Fsp3) is 0.0435. The number of halogens is 2. The third-order valence-corrected chi connectivity index (χ3v) is 14.8. The number of carbonyl (C=O) groups excluding carboxylic acids is 1. The quantitative estimate of drug-likeness (QED) is 0.255. The van der Waals surface area contributed by atoms with E-state index < -0.39 is 8.07 Å². The van der Waals surface area contributed by atoms with Gasteiger partial charge in [-0.05, 0) is 0 Å². The summed E-state index contributed by atoms with van der Waals surface area (Å²) in [6.07, 6.45) is 5.17. The summed E-state index contributed by atoms with van der Waals surface area (Å²) in [6.45, 7) is 2.27. The number of ketones is 1. The summed E-state index contributed by atoms with van der Waals surface area (Å²) in [7, 11) is -2.60. The Morgan fingerprint density at radius 2 is 1.90 bits per heavy atom. The molecule has 3 aromatic rings. The third kappa shape index (κ3) is 3.10. The minimum atomic E-state index is -2.60. The first-order valence-corrected chi connectivity index (χ1v) is 15.4. The van der Waals surface area contributed by atoms with Crippen molar-refractivity contribution in [1.29, 1.82) is 0 Å². The Bertz CT molecular complexity index is 1310. The number of aromatic hydroxyl groups is 1. The van der Waals surface area contributed by atoms with Crippen molar-refractivity contribution in [2.75, 3.05) is 0 Å². The van der Waals surface area contributed by atoms with Crippen LogP contribution in [0.5, 0.6) is 5.75 Å². The van der Waals surface area contributed by atoms with E-state index in [0.717, 1.165) is 36.3 Å². The number of benzene rings is 2. The molecule has 148 valence electrons. The van der Waals surface area contributed by atoms with E-state index in [4.69, 9.17) is 4.99 Å². The van der Waals surface area contributed by atoms with Crippen LogP contribution in [0.15, 0.2) is 81.4 Å². The zero-order chi connectivity index (χ0) is 21.0. The maximum atomic E-state index is 12.4. The van der Waals surface area contributed by atoms with Crippen LogP contribution < -0.4 is 10.4 Å². The van der Waals surface area contributed by atoms with E-state index >= 15 is 0 Å². The van der Waals surface area contributed by atoms with Gasteiger partial charge in [0.2, 0.25) is 0 Å². The van der Waals surface area contributed by atoms with Gasteiger partial charge in [-0.15, -0.1) is 0 Å². The van der Waals surface area contributed by atoms with Gasteiger partial charge in [-0.3, -0.25) is 0 Å². The number of hydrogen-bond acceptors (Lipinski definition) is 3. The fourth-order valence-electron chi connectivity index (χ4n) is 4.27. The van der Waals surface area contributed by atoms with Crippen molar-refractivity contribution >= 4 is 88.7 Å². The van der Waals surface area contributed by atoms with Gasteiger partial charge in [0.25, 0.3) is 0 Å². The van der Waals surface area contributed by atoms with Crippen LogP contribution in [0, 0.1) is 2.44 Å². The molecule has 0 radical (unpaired) electrons. The predicted molar refractivity (Wildman–Crippen MR) is 138 cm³/mol. The molecule has 1 N–H and O–H groups in total. The van der Waals surface area contributed by atoms with Gasteiger partial charge in [0.05, 0.1) is 0 Å². The summed E-state index contributed by atoms with van der Waals surface area (Å²) in [5.41, 5.74) is 2.62. The van der Waals surface area contributed by atoms with Crippen molar-refractivity contribution in [3.63, 3.8) is 0 Å². The number of fused-ring (bicyclic) bond motifs is 2. The molecule has 1 atom stereocenters. The second-order valence-electron chi connectivity index (χ2n) is 7.36. The predicted octanol–water partition coefficient (Wildman–Crippen LogP) is 4.37. The van der Waals surface area contributed by atoms with Crippen molar-refractivity contribution in [2.24, 2.45) is 4.99 Å². The average Bonchev–Trinajstić information content (AvgIpc) is 3.07. The normalized spacial score (nSPS) is 19.8. The molecule has 0 saturated heterocycles. The Hall–Kier alpha value is -1.51. The van der Waals surface area contributed by atoms with Crippen molar-refractivity contribution in [3.05, 3.63) is 78.9 Å². The van der Waals surface area contributed by atoms with Crippen molar-refractivity contribution < 1.29 is 9.90 Å². The van der Waals surface area contributed by atoms with Gasteiger partial charge in [0, 0.05) is 0 Å². The number of phenolic OH excluding ortho intramolecular Hbond substituents is 1. The van der Waals surface area contributed by atoms with Crippen molar-refractivity contribution in [3.8, 4) is 15.8 Å². The Kier molecular flexibility index (Phi) is 5.14. The molecule has 7 heteroatoms. The SMILES string of the molecule is C[Si]1(c2ccccc2)C2=CC(=O)C=CC2=Nc2ccc(O)c(-c3[se]c(I)cc3Br)c21. The Morgan fingerprint density at radius 1 is 1.13 bits per heavy atom. The van der Waals surface area contributed by atoms with Gasteiger partial charge in [-0.25, -0.2) is 0 Å². The summed E-state index contributed by atoms with van der Waals surface area (Å²) in [4.78, 5) is 17.3. The van der Waals surface area contributed by atoms with E-state index in [0.29, 0.717) is 0 Å². The molecular weight excluding hydrogens is 636 g/mol. The second kappa shape index (κ2) is 7.57. The Morgan fingerprint density at radius 3 is 2.60 bits per heavy atom. The van der Waals surface area contributed by atoms with Gasteiger partial charge in [0.15, 0.2) is 0 Å². The number of rotatable bonds is 2. The third-order valence-electron chi connectivity index (χ3n) is 5.64. The maximum absolute atomic E-state index is 12.4. The molecule has 0 bridgehead atoms. The summed E-state index contributed by atoms with van der Waals surface area (Å²) < 4.78 is 3.42. The summed E-state index contributed by atoms with van der Waals surface area (Å²) in [6, 6.07) is 16.2. The van der Waals surface area contributed by atoms with Gasteiger partial charge >= 0.3 is 205 Å². The number of phenols is 1. The topological polar surface area (TPSA) is 49.7 Å². The molecule has 2 aliphatic rings. The molecule has 1 unspecified atom stereocenters. The van der Waals surface area contributed by atoms with E-state index in [1.165, 1.54) is 7.63 Å². The first-order chi connectivity index (χ1) is 14.4. The van der Waals surface area contributed by atoms with Crippen LogP contribution in [-0.2, 0) is 4.79 Å². The molecule has 2 heterocycles. The fourth-order valence-corrected chi connectivity index (χ4v) is 13.5. The molecule has 1 aliphatic heterocycles. The first-order valence-electron chi connectivity index (χ1n) is 9.30. The monoisotopic (exact) mass is 651 g/mol. The molecule has 0 spiro atoms. The zero-order valence-corrected chi connectivity index (χ0v) is 22.3. The van der Waals surface area contributed by atoms with E-state index in [1.54, 1.807) is 18.2 Å². The molecule has 5 rings (SSSR count). The zero-order valence-electron chi connectivity index (χ0n) is 15.8. The summed E-state index contributed by atoms with van der Waals surface area (Å²) in [5.74, 6) is 0.263. The van der Waals surface area contributed by atoms with Crippen LogP contribution in [0.2, 0.25) is 6.55 Å². The number of nitrogens with zero attached hydrogens (tertiary/aromatic N) is 1. The van der Waals surface area contributed by atoms with Gasteiger partial charge in [-0.1, -0.05) is 0 Å². The molecular formula is C23H15BrINO2SeSi. The van der Waals surface area contributed by atoms with E-state index in [2.05, 4.69) is 63.3 Å². The number of hydrogen-bond donors (Lipinski definition) is 1. The molecule has 0 fully saturated rings. The van der Waals surface area contributed by atoms with Crippen LogP contribution in [-0.4, -0.2) is 39.2 Å². The van der Waals surface area contributed by atoms with E-state index in [1.807, 2.05) is 30.3 Å². The van der Waals surface area contributed by atoms with E-state index in [9.17, 15) is 9.90 Å². The Balaban J connectivity index is 1.94. The number of aliphatic imine (C=N–C) groups is 1. The molecule has 2 aromatic carbocycles. The molecule has 1 aliphatic carbocycles. The standard InChI is InChI=1S/C23H15BrINO2SeSi/c1-30(14-5-3-2-4-6-14)19-11-13(27)7-8-16(19)26-17-9-10-18(28)21(23(17)30)22-15(24)12-20(25)29-22/h2-12,28H,1H3. The van der Waals surface area contributed by atoms with Crippen LogP contribution in [0.4, 0.5) is 5.69 Å². The first kappa shape index (κ1) is 20.4. The molecule has 30 heavy (non-hydrogen) atoms. The van der Waals surface area contributed by atoms with Gasteiger partial charge in [-0.2, -0.15) is 0 Å². The summed E-state index contributed by atoms with van der Waals surface area (Å²) in [5, 5.41) is 14.3. The van der Waals surface area contributed by atoms with Crippen LogP contribution in [0.3, 0.4) is 0 Å². The van der Waals surface area contributed by atoms with E-state index in [-0.39, 0.29) is 26.0 Å². The number of carbonyl (C=O) groups is 1. The Labute approximate surface area is 203 Å². The van der Waals surface area contributed by atoms with Gasteiger partial charge in [0.1, 0.15) is 0 Å².